The van der Waals surface area contributed by atoms with E-state index in [4.69, 9.17) is 5.73 Å². The Hall–Kier alpha value is -2.37. The van der Waals surface area contributed by atoms with Gasteiger partial charge in [0.05, 0.1) is 11.4 Å². The van der Waals surface area contributed by atoms with E-state index < -0.39 is 6.36 Å². The summed E-state index contributed by atoms with van der Waals surface area (Å²) in [6, 6.07) is 13.0. The highest BCUT2D eigenvalue weighted by molar-refractivity contribution is 5.65. The van der Waals surface area contributed by atoms with Gasteiger partial charge < -0.3 is 15.8 Å². The van der Waals surface area contributed by atoms with Crippen molar-refractivity contribution in [1.29, 1.82) is 0 Å². The number of halogens is 3. The Morgan fingerprint density at radius 1 is 1.00 bits per heavy atom. The fourth-order valence-corrected chi connectivity index (χ4v) is 1.72. The maximum atomic E-state index is 12.3. The molecule has 0 spiro atoms. The van der Waals surface area contributed by atoms with Crippen LogP contribution in [0.25, 0.3) is 0 Å². The van der Waals surface area contributed by atoms with E-state index in [-0.39, 0.29) is 12.3 Å². The Bertz CT molecular complexity index is 585. The molecule has 20 heavy (non-hydrogen) atoms. The number of alkyl halides is 3. The molecule has 0 aliphatic carbocycles. The van der Waals surface area contributed by atoms with Crippen LogP contribution >= 0.6 is 0 Å². The lowest BCUT2D eigenvalue weighted by Crippen LogP contribution is -2.18. The third-order valence-electron chi connectivity index (χ3n) is 2.63. The molecule has 106 valence electrons. The third-order valence-corrected chi connectivity index (χ3v) is 2.63. The number of rotatable bonds is 4. The summed E-state index contributed by atoms with van der Waals surface area (Å²) in [6.07, 6.45) is -4.71. The highest BCUT2D eigenvalue weighted by atomic mass is 19.4. The minimum Gasteiger partial charge on any atom is -0.405 e. The Kier molecular flexibility index (Phi) is 4.02. The minimum atomic E-state index is -4.71. The van der Waals surface area contributed by atoms with E-state index in [9.17, 15) is 13.2 Å². The zero-order valence-corrected chi connectivity index (χ0v) is 10.4. The van der Waals surface area contributed by atoms with Crippen molar-refractivity contribution in [3.05, 3.63) is 54.1 Å². The highest BCUT2D eigenvalue weighted by Gasteiger charge is 2.31. The molecule has 0 fully saturated rings. The van der Waals surface area contributed by atoms with Crippen molar-refractivity contribution in [3.63, 3.8) is 0 Å². The van der Waals surface area contributed by atoms with E-state index in [1.165, 1.54) is 12.1 Å². The number of para-hydroxylation sites is 3. The molecule has 3 nitrogen and oxygen atoms in total. The van der Waals surface area contributed by atoms with Gasteiger partial charge in [0.25, 0.3) is 0 Å². The van der Waals surface area contributed by atoms with Crippen molar-refractivity contribution >= 4 is 11.4 Å². The summed E-state index contributed by atoms with van der Waals surface area (Å²) in [5.41, 5.74) is 7.34. The van der Waals surface area contributed by atoms with E-state index >= 15 is 0 Å². The lowest BCUT2D eigenvalue weighted by atomic mass is 10.2. The van der Waals surface area contributed by atoms with Gasteiger partial charge in [-0.25, -0.2) is 0 Å². The van der Waals surface area contributed by atoms with Gasteiger partial charge >= 0.3 is 6.36 Å². The van der Waals surface area contributed by atoms with Gasteiger partial charge in [0, 0.05) is 12.1 Å². The van der Waals surface area contributed by atoms with Crippen molar-refractivity contribution in [2.75, 3.05) is 11.1 Å². The van der Waals surface area contributed by atoms with E-state index in [1.54, 1.807) is 36.4 Å². The summed E-state index contributed by atoms with van der Waals surface area (Å²) in [7, 11) is 0. The van der Waals surface area contributed by atoms with Crippen LogP contribution in [0.3, 0.4) is 0 Å². The average Bonchev–Trinajstić information content (AvgIpc) is 2.37. The van der Waals surface area contributed by atoms with E-state index in [0.717, 1.165) is 0 Å². The lowest BCUT2D eigenvalue weighted by molar-refractivity contribution is -0.274. The molecule has 6 heteroatoms. The van der Waals surface area contributed by atoms with Crippen LogP contribution in [0.1, 0.15) is 5.56 Å². The monoisotopic (exact) mass is 282 g/mol. The molecule has 0 bridgehead atoms. The fourth-order valence-electron chi connectivity index (χ4n) is 1.72. The predicted molar refractivity (Wildman–Crippen MR) is 71.3 cm³/mol. The molecule has 3 N–H and O–H groups in total. The predicted octanol–water partition coefficient (Wildman–Crippen LogP) is 3.78. The van der Waals surface area contributed by atoms with Crippen LogP contribution < -0.4 is 15.8 Å². The van der Waals surface area contributed by atoms with Crippen LogP contribution in [0.4, 0.5) is 24.5 Å². The van der Waals surface area contributed by atoms with Crippen molar-refractivity contribution in [2.45, 2.75) is 12.9 Å². The molecule has 0 saturated heterocycles. The van der Waals surface area contributed by atoms with Gasteiger partial charge in [-0.3, -0.25) is 0 Å². The smallest absolute Gasteiger partial charge is 0.405 e. The number of nitrogens with one attached hydrogen (secondary N) is 1. The Labute approximate surface area is 114 Å². The van der Waals surface area contributed by atoms with Crippen molar-refractivity contribution in [3.8, 4) is 5.75 Å². The molecule has 0 aliphatic rings. The van der Waals surface area contributed by atoms with Crippen LogP contribution in [0, 0.1) is 0 Å². The molecule has 0 saturated carbocycles. The number of anilines is 2. The maximum absolute atomic E-state index is 12.3. The molecule has 0 amide bonds. The van der Waals surface area contributed by atoms with Crippen LogP contribution in [-0.2, 0) is 6.54 Å². The molecule has 2 rings (SSSR count). The van der Waals surface area contributed by atoms with Gasteiger partial charge in [0.15, 0.2) is 0 Å². The molecule has 0 radical (unpaired) electrons. The Morgan fingerprint density at radius 3 is 2.35 bits per heavy atom. The lowest BCUT2D eigenvalue weighted by Gasteiger charge is -2.14. The van der Waals surface area contributed by atoms with E-state index in [1.807, 2.05) is 0 Å². The fraction of sp³-hybridized carbons (Fsp3) is 0.143. The first-order valence-corrected chi connectivity index (χ1v) is 5.88. The summed E-state index contributed by atoms with van der Waals surface area (Å²) < 4.78 is 40.8. The normalized spacial score (nSPS) is 11.2. The van der Waals surface area contributed by atoms with Crippen molar-refractivity contribution < 1.29 is 17.9 Å². The minimum absolute atomic E-state index is 0.181. The molecule has 0 unspecified atom stereocenters. The maximum Gasteiger partial charge on any atom is 0.573 e. The van der Waals surface area contributed by atoms with Crippen LogP contribution in [-0.4, -0.2) is 6.36 Å². The van der Waals surface area contributed by atoms with Crippen LogP contribution in [0.2, 0.25) is 0 Å². The zero-order chi connectivity index (χ0) is 14.6. The summed E-state index contributed by atoms with van der Waals surface area (Å²) >= 11 is 0. The SMILES string of the molecule is Nc1ccccc1NCc1ccccc1OC(F)(F)F. The number of hydrogen-bond donors (Lipinski definition) is 2. The topological polar surface area (TPSA) is 47.3 Å². The van der Waals surface area contributed by atoms with Crippen molar-refractivity contribution in [2.24, 2.45) is 0 Å². The van der Waals surface area contributed by atoms with Gasteiger partial charge in [-0.2, -0.15) is 0 Å². The Balaban J connectivity index is 2.12. The first kappa shape index (κ1) is 14.0. The second-order valence-corrected chi connectivity index (χ2v) is 4.10. The summed E-state index contributed by atoms with van der Waals surface area (Å²) in [6.45, 7) is 0.181. The van der Waals surface area contributed by atoms with Gasteiger partial charge in [0.1, 0.15) is 5.75 Å². The molecule has 0 atom stereocenters. The number of nitrogen functional groups attached to an aromatic ring is 1. The van der Waals surface area contributed by atoms with Crippen LogP contribution in [0.15, 0.2) is 48.5 Å². The standard InChI is InChI=1S/C14H13F3N2O/c15-14(16,17)20-13-8-4-1-5-10(13)9-19-12-7-3-2-6-11(12)18/h1-8,19H,9,18H2. The quantitative estimate of drug-likeness (QED) is 0.839. The molecule has 0 heterocycles. The molecular formula is C14H13F3N2O. The summed E-state index contributed by atoms with van der Waals surface area (Å²) in [5.74, 6) is -0.220. The first-order chi connectivity index (χ1) is 9.46. The second kappa shape index (κ2) is 5.73. The first-order valence-electron chi connectivity index (χ1n) is 5.88. The van der Waals surface area contributed by atoms with Gasteiger partial charge in [-0.05, 0) is 18.2 Å². The molecule has 2 aromatic rings. The van der Waals surface area contributed by atoms with Gasteiger partial charge in [-0.1, -0.05) is 30.3 Å². The summed E-state index contributed by atoms with van der Waals surface area (Å²) in [4.78, 5) is 0. The average molecular weight is 282 g/mol. The highest BCUT2D eigenvalue weighted by Crippen LogP contribution is 2.27. The number of hydrogen-bond acceptors (Lipinski definition) is 3. The molecule has 2 aromatic carbocycles. The van der Waals surface area contributed by atoms with E-state index in [2.05, 4.69) is 10.1 Å². The van der Waals surface area contributed by atoms with Crippen LogP contribution in [0.5, 0.6) is 5.75 Å². The van der Waals surface area contributed by atoms with Gasteiger partial charge in [0.2, 0.25) is 0 Å². The van der Waals surface area contributed by atoms with Crippen molar-refractivity contribution in [1.82, 2.24) is 0 Å². The number of benzene rings is 2. The van der Waals surface area contributed by atoms with E-state index in [0.29, 0.717) is 16.9 Å². The molecular weight excluding hydrogens is 269 g/mol. The zero-order valence-electron chi connectivity index (χ0n) is 10.4. The van der Waals surface area contributed by atoms with Gasteiger partial charge in [-0.15, -0.1) is 13.2 Å². The second-order valence-electron chi connectivity index (χ2n) is 4.10. The third kappa shape index (κ3) is 3.81. The largest absolute Gasteiger partial charge is 0.573 e. The number of nitrogens with two attached hydrogens (primary N) is 1. The Morgan fingerprint density at radius 2 is 1.65 bits per heavy atom. The molecule has 0 aliphatic heterocycles. The summed E-state index contributed by atoms with van der Waals surface area (Å²) in [5, 5.41) is 2.98. The number of ether oxygens (including phenoxy) is 1. The molecule has 0 aromatic heterocycles.